The minimum Gasteiger partial charge on any atom is -0.612 e. The second-order valence-electron chi connectivity index (χ2n) is 4.19. The van der Waals surface area contributed by atoms with Crippen molar-refractivity contribution >= 4 is 22.6 Å². The molecule has 0 amide bonds. The van der Waals surface area contributed by atoms with Crippen molar-refractivity contribution in [2.45, 2.75) is 4.90 Å². The van der Waals surface area contributed by atoms with Gasteiger partial charge in [-0.15, -0.1) is 0 Å². The second kappa shape index (κ2) is 6.41. The van der Waals surface area contributed by atoms with Gasteiger partial charge >= 0.3 is 5.69 Å². The highest BCUT2D eigenvalue weighted by atomic mass is 32.2. The fourth-order valence-corrected chi connectivity index (χ4v) is 2.19. The highest BCUT2D eigenvalue weighted by Gasteiger charge is 2.21. The molecule has 0 spiro atoms. The molecule has 0 heterocycles. The van der Waals surface area contributed by atoms with Gasteiger partial charge in [0, 0.05) is 6.07 Å². The summed E-state index contributed by atoms with van der Waals surface area (Å²) in [6.45, 7) is 0. The van der Waals surface area contributed by atoms with Crippen molar-refractivity contribution in [1.29, 1.82) is 0 Å². The topological polar surface area (TPSA) is 119 Å². The Labute approximate surface area is 127 Å². The lowest BCUT2D eigenvalue weighted by molar-refractivity contribution is -0.394. The number of nitro benzene ring substituents is 2. The monoisotopic (exact) mass is 322 g/mol. The molecule has 9 heteroatoms. The number of nitro groups is 2. The number of non-ortho nitro benzene ring substituents is 1. The van der Waals surface area contributed by atoms with Crippen LogP contribution in [0.4, 0.5) is 11.4 Å². The Hall–Kier alpha value is -2.65. The lowest BCUT2D eigenvalue weighted by atomic mass is 10.2. The van der Waals surface area contributed by atoms with Crippen LogP contribution < -0.4 is 4.74 Å². The third kappa shape index (κ3) is 3.51. The molecule has 2 aromatic carbocycles. The fraction of sp³-hybridized carbons (Fsp3) is 0.0769. The van der Waals surface area contributed by atoms with Crippen LogP contribution in [0.1, 0.15) is 0 Å². The van der Waals surface area contributed by atoms with Gasteiger partial charge < -0.3 is 9.29 Å². The lowest BCUT2D eigenvalue weighted by Crippen LogP contribution is -1.98. The van der Waals surface area contributed by atoms with Gasteiger partial charge in [0.15, 0.2) is 4.90 Å². The first-order chi connectivity index (χ1) is 10.4. The van der Waals surface area contributed by atoms with E-state index in [-0.39, 0.29) is 5.75 Å². The zero-order chi connectivity index (χ0) is 16.3. The molecule has 0 aliphatic rings. The molecule has 0 aliphatic heterocycles. The maximum Gasteiger partial charge on any atom is 0.318 e. The maximum atomic E-state index is 11.3. The van der Waals surface area contributed by atoms with Crippen molar-refractivity contribution in [2.24, 2.45) is 0 Å². The van der Waals surface area contributed by atoms with Crippen LogP contribution in [0.15, 0.2) is 47.4 Å². The minimum absolute atomic E-state index is 0.110. The number of hydrogen-bond acceptors (Lipinski definition) is 6. The molecular weight excluding hydrogens is 312 g/mol. The average Bonchev–Trinajstić information content (AvgIpc) is 2.47. The van der Waals surface area contributed by atoms with E-state index in [4.69, 9.17) is 4.74 Å². The van der Waals surface area contributed by atoms with Crippen LogP contribution in [0.25, 0.3) is 0 Å². The Morgan fingerprint density at radius 2 is 1.64 bits per heavy atom. The van der Waals surface area contributed by atoms with E-state index in [0.29, 0.717) is 10.6 Å². The molecule has 8 nitrogen and oxygen atoms in total. The molecule has 114 valence electrons. The Morgan fingerprint density at radius 1 is 1.00 bits per heavy atom. The maximum absolute atomic E-state index is 11.3. The van der Waals surface area contributed by atoms with Crippen molar-refractivity contribution in [3.05, 3.63) is 62.7 Å². The summed E-state index contributed by atoms with van der Waals surface area (Å²) in [4.78, 5) is 20.8. The van der Waals surface area contributed by atoms with Gasteiger partial charge in [0.1, 0.15) is 12.0 Å². The Bertz CT molecular complexity index is 717. The molecular formula is C13H10N2O6S. The van der Waals surface area contributed by atoms with Crippen LogP contribution in [0.3, 0.4) is 0 Å². The van der Waals surface area contributed by atoms with E-state index in [9.17, 15) is 24.8 Å². The van der Waals surface area contributed by atoms with E-state index < -0.39 is 32.4 Å². The predicted octanol–water partition coefficient (Wildman–Crippen LogP) is 3.03. The molecule has 2 aromatic rings. The standard InChI is InChI=1S/C13H10N2O6S/c1-22(20)11-5-3-10(4-6-11)21-13-7-2-9(14(16)17)8-12(13)15(18)19/h2-8H,1H3. The average molecular weight is 322 g/mol. The lowest BCUT2D eigenvalue weighted by Gasteiger charge is -2.08. The van der Waals surface area contributed by atoms with E-state index in [0.717, 1.165) is 12.1 Å². The smallest absolute Gasteiger partial charge is 0.318 e. The van der Waals surface area contributed by atoms with E-state index in [1.165, 1.54) is 24.5 Å². The van der Waals surface area contributed by atoms with Crippen LogP contribution in [0, 0.1) is 20.2 Å². The molecule has 0 saturated carbocycles. The second-order valence-corrected chi connectivity index (χ2v) is 5.57. The molecule has 0 fully saturated rings. The van der Waals surface area contributed by atoms with Gasteiger partial charge in [-0.3, -0.25) is 20.2 Å². The summed E-state index contributed by atoms with van der Waals surface area (Å²) in [6.07, 6.45) is 1.52. The Morgan fingerprint density at radius 3 is 2.14 bits per heavy atom. The van der Waals surface area contributed by atoms with Crippen LogP contribution in [0.2, 0.25) is 0 Å². The van der Waals surface area contributed by atoms with Crippen LogP contribution in [-0.4, -0.2) is 20.7 Å². The van der Waals surface area contributed by atoms with Crippen LogP contribution in [0.5, 0.6) is 11.5 Å². The first kappa shape index (κ1) is 15.7. The molecule has 22 heavy (non-hydrogen) atoms. The predicted molar refractivity (Wildman–Crippen MR) is 78.6 cm³/mol. The van der Waals surface area contributed by atoms with Crippen LogP contribution >= 0.6 is 0 Å². The zero-order valence-electron chi connectivity index (χ0n) is 11.3. The summed E-state index contributed by atoms with van der Waals surface area (Å²) >= 11 is -1.14. The van der Waals surface area contributed by atoms with Gasteiger partial charge in [-0.1, -0.05) is 0 Å². The summed E-state index contributed by atoms with van der Waals surface area (Å²) in [5.41, 5.74) is -0.895. The number of benzene rings is 2. The van der Waals surface area contributed by atoms with Gasteiger partial charge in [-0.25, -0.2) is 0 Å². The van der Waals surface area contributed by atoms with Gasteiger partial charge in [0.25, 0.3) is 5.69 Å². The fourth-order valence-electron chi connectivity index (χ4n) is 1.67. The molecule has 1 unspecified atom stereocenters. The first-order valence-electron chi connectivity index (χ1n) is 5.92. The molecule has 0 aromatic heterocycles. The van der Waals surface area contributed by atoms with Gasteiger partial charge in [0.05, 0.1) is 15.9 Å². The molecule has 0 radical (unpaired) electrons. The zero-order valence-corrected chi connectivity index (χ0v) is 12.1. The summed E-state index contributed by atoms with van der Waals surface area (Å²) < 4.78 is 16.7. The highest BCUT2D eigenvalue weighted by Crippen LogP contribution is 2.34. The van der Waals surface area contributed by atoms with E-state index >= 15 is 0 Å². The van der Waals surface area contributed by atoms with Gasteiger partial charge in [0.2, 0.25) is 5.75 Å². The first-order valence-corrected chi connectivity index (χ1v) is 7.48. The third-order valence-electron chi connectivity index (χ3n) is 2.73. The largest absolute Gasteiger partial charge is 0.612 e. The Balaban J connectivity index is 2.32. The third-order valence-corrected chi connectivity index (χ3v) is 3.67. The van der Waals surface area contributed by atoms with E-state index in [1.54, 1.807) is 12.1 Å². The summed E-state index contributed by atoms with van der Waals surface area (Å²) in [5, 5.41) is 21.7. The summed E-state index contributed by atoms with van der Waals surface area (Å²) in [7, 11) is 0. The van der Waals surface area contributed by atoms with Crippen molar-refractivity contribution in [2.75, 3.05) is 6.26 Å². The van der Waals surface area contributed by atoms with E-state index in [1.807, 2.05) is 0 Å². The molecule has 1 atom stereocenters. The molecule has 0 N–H and O–H groups in total. The summed E-state index contributed by atoms with van der Waals surface area (Å²) in [5.74, 6) is 0.187. The van der Waals surface area contributed by atoms with Crippen molar-refractivity contribution in [3.63, 3.8) is 0 Å². The van der Waals surface area contributed by atoms with Gasteiger partial charge in [-0.05, 0) is 41.5 Å². The van der Waals surface area contributed by atoms with Gasteiger partial charge in [-0.2, -0.15) is 0 Å². The van der Waals surface area contributed by atoms with E-state index in [2.05, 4.69) is 0 Å². The van der Waals surface area contributed by atoms with Crippen molar-refractivity contribution in [3.8, 4) is 11.5 Å². The number of ether oxygens (including phenoxy) is 1. The molecule has 2 rings (SSSR count). The molecule has 0 aliphatic carbocycles. The van der Waals surface area contributed by atoms with Crippen molar-refractivity contribution < 1.29 is 19.1 Å². The number of rotatable bonds is 5. The number of hydrogen-bond donors (Lipinski definition) is 0. The normalized spacial score (nSPS) is 11.7. The quantitative estimate of drug-likeness (QED) is 0.474. The highest BCUT2D eigenvalue weighted by molar-refractivity contribution is 7.90. The number of nitrogens with zero attached hydrogens (tertiary/aromatic N) is 2. The van der Waals surface area contributed by atoms with Crippen molar-refractivity contribution in [1.82, 2.24) is 0 Å². The SMILES string of the molecule is C[S+]([O-])c1ccc(Oc2ccc([N+](=O)[O-])cc2[N+](=O)[O-])cc1. The molecule has 0 bridgehead atoms. The summed E-state index contributed by atoms with van der Waals surface area (Å²) in [6, 6.07) is 9.31. The minimum atomic E-state index is -1.14. The molecule has 0 saturated heterocycles. The Kier molecular flexibility index (Phi) is 4.59. The van der Waals surface area contributed by atoms with Crippen LogP contribution in [-0.2, 0) is 11.2 Å².